The Labute approximate surface area is 143 Å². The molecule has 2 aromatic carbocycles. The smallest absolute Gasteiger partial charge is 0.161 e. The summed E-state index contributed by atoms with van der Waals surface area (Å²) in [6.07, 6.45) is 2.93. The van der Waals surface area contributed by atoms with Gasteiger partial charge in [-0.25, -0.2) is 0 Å². The standard InChI is InChI=1S/C20H24O4/c1-13(9-15-5-7-17(21)19(11-15)23-3)14(2)10-16-6-8-18(22)20(12-16)24-4/h5-9,11-12,14,21-22H,10H2,1-4H3/b13-9-. The number of phenolic OH excluding ortho intramolecular Hbond substituents is 2. The lowest BCUT2D eigenvalue weighted by Gasteiger charge is -2.14. The van der Waals surface area contributed by atoms with Crippen molar-refractivity contribution in [3.8, 4) is 23.0 Å². The third kappa shape index (κ3) is 4.22. The van der Waals surface area contributed by atoms with Gasteiger partial charge in [-0.1, -0.05) is 30.7 Å². The SMILES string of the molecule is COc1cc(/C=C(/C)C(C)Cc2ccc(O)c(OC)c2)ccc1O. The molecular weight excluding hydrogens is 304 g/mol. The van der Waals surface area contributed by atoms with Crippen molar-refractivity contribution in [3.05, 3.63) is 53.1 Å². The van der Waals surface area contributed by atoms with Gasteiger partial charge in [0.15, 0.2) is 23.0 Å². The summed E-state index contributed by atoms with van der Waals surface area (Å²) in [4.78, 5) is 0. The summed E-state index contributed by atoms with van der Waals surface area (Å²) in [7, 11) is 3.09. The van der Waals surface area contributed by atoms with Gasteiger partial charge in [0.25, 0.3) is 0 Å². The van der Waals surface area contributed by atoms with E-state index >= 15 is 0 Å². The molecule has 1 atom stereocenters. The van der Waals surface area contributed by atoms with E-state index < -0.39 is 0 Å². The Morgan fingerprint density at radius 1 is 1.00 bits per heavy atom. The van der Waals surface area contributed by atoms with Crippen LogP contribution in [0.2, 0.25) is 0 Å². The van der Waals surface area contributed by atoms with E-state index in [-0.39, 0.29) is 11.5 Å². The number of methoxy groups -OCH3 is 2. The number of hydrogen-bond acceptors (Lipinski definition) is 4. The zero-order chi connectivity index (χ0) is 17.7. The van der Waals surface area contributed by atoms with Crippen molar-refractivity contribution in [1.29, 1.82) is 0 Å². The molecule has 1 unspecified atom stereocenters. The molecule has 2 aromatic rings. The molecule has 0 bridgehead atoms. The first kappa shape index (κ1) is 17.7. The molecule has 4 heteroatoms. The van der Waals surface area contributed by atoms with Crippen LogP contribution < -0.4 is 9.47 Å². The number of hydrogen-bond donors (Lipinski definition) is 2. The molecule has 0 heterocycles. The second-order valence-corrected chi connectivity index (χ2v) is 5.93. The fourth-order valence-electron chi connectivity index (χ4n) is 2.55. The van der Waals surface area contributed by atoms with Crippen LogP contribution in [-0.4, -0.2) is 24.4 Å². The monoisotopic (exact) mass is 328 g/mol. The summed E-state index contributed by atoms with van der Waals surface area (Å²) in [6, 6.07) is 10.7. The molecule has 2 rings (SSSR count). The minimum atomic E-state index is 0.136. The molecule has 0 aromatic heterocycles. The largest absolute Gasteiger partial charge is 0.504 e. The highest BCUT2D eigenvalue weighted by Crippen LogP contribution is 2.30. The summed E-state index contributed by atoms with van der Waals surface area (Å²) >= 11 is 0. The van der Waals surface area contributed by atoms with E-state index in [9.17, 15) is 10.2 Å². The average Bonchev–Trinajstić information content (AvgIpc) is 2.58. The molecule has 2 N–H and O–H groups in total. The molecule has 0 amide bonds. The second-order valence-electron chi connectivity index (χ2n) is 5.93. The van der Waals surface area contributed by atoms with Gasteiger partial charge in [0.05, 0.1) is 14.2 Å². The van der Waals surface area contributed by atoms with Crippen molar-refractivity contribution >= 4 is 6.08 Å². The molecule has 0 saturated carbocycles. The lowest BCUT2D eigenvalue weighted by Crippen LogP contribution is -2.01. The molecule has 128 valence electrons. The van der Waals surface area contributed by atoms with Crippen molar-refractivity contribution < 1.29 is 19.7 Å². The van der Waals surface area contributed by atoms with Crippen molar-refractivity contribution in [1.82, 2.24) is 0 Å². The number of ether oxygens (including phenoxy) is 2. The first-order valence-electron chi connectivity index (χ1n) is 7.85. The van der Waals surface area contributed by atoms with Gasteiger partial charge < -0.3 is 19.7 Å². The summed E-state index contributed by atoms with van der Waals surface area (Å²) in [5, 5.41) is 19.3. The molecule has 4 nitrogen and oxygen atoms in total. The number of benzene rings is 2. The molecule has 0 radical (unpaired) electrons. The van der Waals surface area contributed by atoms with Gasteiger partial charge >= 0.3 is 0 Å². The minimum absolute atomic E-state index is 0.136. The molecule has 0 aliphatic carbocycles. The maximum Gasteiger partial charge on any atom is 0.161 e. The minimum Gasteiger partial charge on any atom is -0.504 e. The zero-order valence-corrected chi connectivity index (χ0v) is 14.5. The molecule has 24 heavy (non-hydrogen) atoms. The Morgan fingerprint density at radius 3 is 2.21 bits per heavy atom. The summed E-state index contributed by atoms with van der Waals surface area (Å²) < 4.78 is 10.3. The molecule has 0 saturated heterocycles. The van der Waals surface area contributed by atoms with Crippen LogP contribution in [0.3, 0.4) is 0 Å². The van der Waals surface area contributed by atoms with Gasteiger partial charge in [-0.3, -0.25) is 0 Å². The zero-order valence-electron chi connectivity index (χ0n) is 14.5. The highest BCUT2D eigenvalue weighted by atomic mass is 16.5. The Balaban J connectivity index is 2.15. The third-order valence-corrected chi connectivity index (χ3v) is 4.16. The lowest BCUT2D eigenvalue weighted by atomic mass is 9.93. The highest BCUT2D eigenvalue weighted by Gasteiger charge is 2.10. The van der Waals surface area contributed by atoms with Crippen LogP contribution in [0.15, 0.2) is 42.0 Å². The van der Waals surface area contributed by atoms with Gasteiger partial charge in [0.1, 0.15) is 0 Å². The van der Waals surface area contributed by atoms with E-state index in [4.69, 9.17) is 9.47 Å². The van der Waals surface area contributed by atoms with Crippen LogP contribution >= 0.6 is 0 Å². The van der Waals surface area contributed by atoms with Crippen LogP contribution in [0, 0.1) is 5.92 Å². The van der Waals surface area contributed by atoms with Crippen molar-refractivity contribution in [2.24, 2.45) is 5.92 Å². The Kier molecular flexibility index (Phi) is 5.74. The normalized spacial score (nSPS) is 12.8. The van der Waals surface area contributed by atoms with Crippen LogP contribution in [-0.2, 0) is 6.42 Å². The Morgan fingerprint density at radius 2 is 1.58 bits per heavy atom. The number of allylic oxidation sites excluding steroid dienone is 1. The summed E-state index contributed by atoms with van der Waals surface area (Å²) in [5.74, 6) is 1.56. The van der Waals surface area contributed by atoms with Crippen LogP contribution in [0.1, 0.15) is 25.0 Å². The van der Waals surface area contributed by atoms with Crippen molar-refractivity contribution in [3.63, 3.8) is 0 Å². The number of aromatic hydroxyl groups is 2. The van der Waals surface area contributed by atoms with Crippen molar-refractivity contribution in [2.75, 3.05) is 14.2 Å². The third-order valence-electron chi connectivity index (χ3n) is 4.16. The van der Waals surface area contributed by atoms with E-state index in [0.29, 0.717) is 17.4 Å². The number of rotatable bonds is 6. The maximum atomic E-state index is 9.68. The van der Waals surface area contributed by atoms with E-state index in [0.717, 1.165) is 17.5 Å². The summed E-state index contributed by atoms with van der Waals surface area (Å²) in [5.41, 5.74) is 3.31. The van der Waals surface area contributed by atoms with Crippen LogP contribution in [0.4, 0.5) is 0 Å². The van der Waals surface area contributed by atoms with E-state index in [1.54, 1.807) is 19.2 Å². The molecule has 0 fully saturated rings. The van der Waals surface area contributed by atoms with E-state index in [1.807, 2.05) is 24.3 Å². The van der Waals surface area contributed by atoms with Crippen LogP contribution in [0.5, 0.6) is 23.0 Å². The maximum absolute atomic E-state index is 9.68. The highest BCUT2D eigenvalue weighted by molar-refractivity contribution is 5.58. The van der Waals surface area contributed by atoms with Gasteiger partial charge in [-0.05, 0) is 54.7 Å². The molecular formula is C20H24O4. The van der Waals surface area contributed by atoms with Crippen LogP contribution in [0.25, 0.3) is 6.08 Å². The lowest BCUT2D eigenvalue weighted by molar-refractivity contribution is 0.372. The molecule has 0 spiro atoms. The molecule has 0 aliphatic heterocycles. The van der Waals surface area contributed by atoms with E-state index in [2.05, 4.69) is 19.9 Å². The fraction of sp³-hybridized carbons (Fsp3) is 0.300. The van der Waals surface area contributed by atoms with E-state index in [1.165, 1.54) is 12.7 Å². The second kappa shape index (κ2) is 7.77. The topological polar surface area (TPSA) is 58.9 Å². The van der Waals surface area contributed by atoms with Gasteiger partial charge in [0, 0.05) is 0 Å². The fourth-order valence-corrected chi connectivity index (χ4v) is 2.55. The first-order chi connectivity index (χ1) is 11.4. The van der Waals surface area contributed by atoms with Gasteiger partial charge in [-0.2, -0.15) is 0 Å². The first-order valence-corrected chi connectivity index (χ1v) is 7.85. The number of phenols is 2. The van der Waals surface area contributed by atoms with Crippen molar-refractivity contribution in [2.45, 2.75) is 20.3 Å². The Hall–Kier alpha value is -2.62. The summed E-state index contributed by atoms with van der Waals surface area (Å²) in [6.45, 7) is 4.24. The average molecular weight is 328 g/mol. The predicted molar refractivity (Wildman–Crippen MR) is 95.8 cm³/mol. The van der Waals surface area contributed by atoms with Gasteiger partial charge in [-0.15, -0.1) is 0 Å². The Bertz CT molecular complexity index is 734. The molecule has 0 aliphatic rings. The van der Waals surface area contributed by atoms with Gasteiger partial charge in [0.2, 0.25) is 0 Å². The quantitative estimate of drug-likeness (QED) is 0.825. The predicted octanol–water partition coefficient (Wildman–Crippen LogP) is 4.40.